The molecule has 0 saturated heterocycles. The molecule has 0 radical (unpaired) electrons. The summed E-state index contributed by atoms with van der Waals surface area (Å²) in [6.45, 7) is 2.21. The van der Waals surface area contributed by atoms with Gasteiger partial charge in [-0.1, -0.05) is 31.5 Å². The molecule has 1 aromatic rings. The highest BCUT2D eigenvalue weighted by Gasteiger charge is 2.35. The van der Waals surface area contributed by atoms with E-state index in [1.54, 1.807) is 0 Å². The number of guanidine groups is 1. The first kappa shape index (κ1) is 11.0. The molecule has 1 aliphatic carbocycles. The van der Waals surface area contributed by atoms with Gasteiger partial charge in [0.15, 0.2) is 5.96 Å². The van der Waals surface area contributed by atoms with Crippen LogP contribution in [0, 0.1) is 5.92 Å². The highest BCUT2D eigenvalue weighted by molar-refractivity contribution is 5.92. The van der Waals surface area contributed by atoms with Gasteiger partial charge in [0.1, 0.15) is 0 Å². The van der Waals surface area contributed by atoms with Crippen molar-refractivity contribution in [3.8, 4) is 0 Å². The first-order valence-corrected chi connectivity index (χ1v) is 5.95. The molecule has 3 heteroatoms. The number of para-hydroxylation sites is 1. The number of anilines is 1. The van der Waals surface area contributed by atoms with E-state index < -0.39 is 0 Å². The van der Waals surface area contributed by atoms with E-state index in [-0.39, 0.29) is 0 Å². The van der Waals surface area contributed by atoms with E-state index in [1.807, 2.05) is 30.3 Å². The van der Waals surface area contributed by atoms with Gasteiger partial charge in [0.05, 0.1) is 6.04 Å². The van der Waals surface area contributed by atoms with E-state index in [4.69, 9.17) is 5.73 Å². The van der Waals surface area contributed by atoms with Gasteiger partial charge in [-0.2, -0.15) is 0 Å². The van der Waals surface area contributed by atoms with Crippen LogP contribution >= 0.6 is 0 Å². The first-order valence-electron chi connectivity index (χ1n) is 5.95. The largest absolute Gasteiger partial charge is 0.370 e. The lowest BCUT2D eigenvalue weighted by Gasteiger charge is -2.04. The molecule has 0 unspecified atom stereocenters. The fraction of sp³-hybridized carbons (Fsp3) is 0.462. The molecule has 2 rings (SSSR count). The minimum absolute atomic E-state index is 0.455. The molecule has 0 aromatic heterocycles. The topological polar surface area (TPSA) is 50.4 Å². The number of hydrogen-bond donors (Lipinski definition) is 2. The van der Waals surface area contributed by atoms with Crippen molar-refractivity contribution >= 4 is 11.6 Å². The predicted molar refractivity (Wildman–Crippen MR) is 68.5 cm³/mol. The van der Waals surface area contributed by atoms with Crippen LogP contribution in [0.2, 0.25) is 0 Å². The molecule has 1 aliphatic rings. The van der Waals surface area contributed by atoms with Gasteiger partial charge in [0.25, 0.3) is 0 Å². The summed E-state index contributed by atoms with van der Waals surface area (Å²) < 4.78 is 0. The van der Waals surface area contributed by atoms with E-state index in [0.717, 1.165) is 11.6 Å². The van der Waals surface area contributed by atoms with Crippen LogP contribution in [0.3, 0.4) is 0 Å². The Labute approximate surface area is 96.8 Å². The molecule has 0 bridgehead atoms. The summed E-state index contributed by atoms with van der Waals surface area (Å²) in [5.41, 5.74) is 6.84. The molecule has 1 fully saturated rings. The first-order chi connectivity index (χ1) is 7.79. The highest BCUT2D eigenvalue weighted by atomic mass is 15.1. The lowest BCUT2D eigenvalue weighted by atomic mass is 10.2. The molecular weight excluding hydrogens is 198 g/mol. The minimum Gasteiger partial charge on any atom is -0.370 e. The molecule has 1 saturated carbocycles. The third-order valence-corrected chi connectivity index (χ3v) is 2.90. The SMILES string of the molecule is CCC[C@@H]1C[C@H]1N=C(N)Nc1ccccc1. The second kappa shape index (κ2) is 5.01. The lowest BCUT2D eigenvalue weighted by molar-refractivity contribution is 0.683. The smallest absolute Gasteiger partial charge is 0.193 e. The number of nitrogens with two attached hydrogens (primary N) is 1. The predicted octanol–water partition coefficient (Wildman–Crippen LogP) is 2.60. The highest BCUT2D eigenvalue weighted by Crippen LogP contribution is 2.37. The maximum absolute atomic E-state index is 5.84. The Hall–Kier alpha value is -1.51. The third-order valence-electron chi connectivity index (χ3n) is 2.90. The van der Waals surface area contributed by atoms with Crippen LogP contribution in [0.5, 0.6) is 0 Å². The van der Waals surface area contributed by atoms with Gasteiger partial charge in [-0.3, -0.25) is 0 Å². The maximum Gasteiger partial charge on any atom is 0.193 e. The summed E-state index contributed by atoms with van der Waals surface area (Å²) in [7, 11) is 0. The van der Waals surface area contributed by atoms with Crippen LogP contribution < -0.4 is 11.1 Å². The Balaban J connectivity index is 1.85. The number of hydrogen-bond acceptors (Lipinski definition) is 1. The third kappa shape index (κ3) is 2.99. The molecule has 1 aromatic carbocycles. The van der Waals surface area contributed by atoms with Gasteiger partial charge >= 0.3 is 0 Å². The van der Waals surface area contributed by atoms with Gasteiger partial charge in [0, 0.05) is 5.69 Å². The molecule has 86 valence electrons. The number of rotatable bonds is 4. The molecule has 0 heterocycles. The summed E-state index contributed by atoms with van der Waals surface area (Å²) in [6.07, 6.45) is 3.71. The van der Waals surface area contributed by atoms with Crippen LogP contribution in [-0.2, 0) is 0 Å². The molecule has 16 heavy (non-hydrogen) atoms. The zero-order valence-corrected chi connectivity index (χ0v) is 9.69. The van der Waals surface area contributed by atoms with E-state index in [9.17, 15) is 0 Å². The maximum atomic E-state index is 5.84. The number of benzene rings is 1. The fourth-order valence-corrected chi connectivity index (χ4v) is 1.95. The van der Waals surface area contributed by atoms with Crippen LogP contribution in [0.25, 0.3) is 0 Å². The molecule has 3 N–H and O–H groups in total. The Kier molecular flexibility index (Phi) is 3.44. The fourth-order valence-electron chi connectivity index (χ4n) is 1.95. The number of nitrogens with one attached hydrogen (secondary N) is 1. The molecule has 0 amide bonds. The Bertz CT molecular complexity index is 359. The van der Waals surface area contributed by atoms with Crippen molar-refractivity contribution in [1.82, 2.24) is 0 Å². The van der Waals surface area contributed by atoms with E-state index >= 15 is 0 Å². The van der Waals surface area contributed by atoms with Gasteiger partial charge in [0.2, 0.25) is 0 Å². The van der Waals surface area contributed by atoms with Crippen LogP contribution in [0.15, 0.2) is 35.3 Å². The van der Waals surface area contributed by atoms with Gasteiger partial charge in [-0.05, 0) is 30.9 Å². The molecule has 2 atom stereocenters. The van der Waals surface area contributed by atoms with Crippen molar-refractivity contribution in [2.24, 2.45) is 16.6 Å². The molecule has 0 spiro atoms. The Morgan fingerprint density at radius 2 is 2.19 bits per heavy atom. The summed E-state index contributed by atoms with van der Waals surface area (Å²) in [5.74, 6) is 1.30. The Morgan fingerprint density at radius 1 is 1.44 bits per heavy atom. The summed E-state index contributed by atoms with van der Waals surface area (Å²) in [6, 6.07) is 10.4. The quantitative estimate of drug-likeness (QED) is 0.601. The van der Waals surface area contributed by atoms with Gasteiger partial charge in [-0.15, -0.1) is 0 Å². The van der Waals surface area contributed by atoms with Crippen molar-refractivity contribution in [3.05, 3.63) is 30.3 Å². The van der Waals surface area contributed by atoms with Crippen molar-refractivity contribution in [3.63, 3.8) is 0 Å². The van der Waals surface area contributed by atoms with E-state index in [0.29, 0.717) is 12.0 Å². The van der Waals surface area contributed by atoms with Crippen molar-refractivity contribution in [2.75, 3.05) is 5.32 Å². The second-order valence-electron chi connectivity index (χ2n) is 4.36. The summed E-state index contributed by atoms with van der Waals surface area (Å²) in [5, 5.41) is 3.10. The van der Waals surface area contributed by atoms with Crippen LogP contribution in [-0.4, -0.2) is 12.0 Å². The monoisotopic (exact) mass is 217 g/mol. The van der Waals surface area contributed by atoms with E-state index in [1.165, 1.54) is 19.3 Å². The Morgan fingerprint density at radius 3 is 2.88 bits per heavy atom. The zero-order chi connectivity index (χ0) is 11.4. The van der Waals surface area contributed by atoms with Gasteiger partial charge in [-0.25, -0.2) is 4.99 Å². The minimum atomic E-state index is 0.455. The number of aliphatic imine (C=N–C) groups is 1. The van der Waals surface area contributed by atoms with Crippen LogP contribution in [0.4, 0.5) is 5.69 Å². The average molecular weight is 217 g/mol. The number of nitrogens with zero attached hydrogens (tertiary/aromatic N) is 1. The molecular formula is C13H19N3. The van der Waals surface area contributed by atoms with E-state index in [2.05, 4.69) is 17.2 Å². The summed E-state index contributed by atoms with van der Waals surface area (Å²) >= 11 is 0. The van der Waals surface area contributed by atoms with Crippen LogP contribution in [0.1, 0.15) is 26.2 Å². The molecule has 0 aliphatic heterocycles. The van der Waals surface area contributed by atoms with Gasteiger partial charge < -0.3 is 11.1 Å². The zero-order valence-electron chi connectivity index (χ0n) is 9.69. The standard InChI is InChI=1S/C13H19N3/c1-2-6-10-9-12(10)16-13(14)15-11-7-4-3-5-8-11/h3-5,7-8,10,12H,2,6,9H2,1H3,(H3,14,15,16)/t10-,12-/m1/s1. The second-order valence-corrected chi connectivity index (χ2v) is 4.36. The van der Waals surface area contributed by atoms with Crippen molar-refractivity contribution < 1.29 is 0 Å². The lowest BCUT2D eigenvalue weighted by Crippen LogP contribution is -2.23. The van der Waals surface area contributed by atoms with Crippen molar-refractivity contribution in [2.45, 2.75) is 32.2 Å². The average Bonchev–Trinajstić information content (AvgIpc) is 2.98. The normalized spacial score (nSPS) is 24.2. The molecule has 3 nitrogen and oxygen atoms in total. The summed E-state index contributed by atoms with van der Waals surface area (Å²) in [4.78, 5) is 4.47. The van der Waals surface area contributed by atoms with Crippen molar-refractivity contribution in [1.29, 1.82) is 0 Å².